The van der Waals surface area contributed by atoms with Crippen molar-refractivity contribution in [2.24, 2.45) is 0 Å². The van der Waals surface area contributed by atoms with E-state index >= 15 is 0 Å². The van der Waals surface area contributed by atoms with Gasteiger partial charge >= 0.3 is 5.69 Å². The van der Waals surface area contributed by atoms with Gasteiger partial charge in [0.25, 0.3) is 0 Å². The number of imidazole rings is 1. The summed E-state index contributed by atoms with van der Waals surface area (Å²) in [6.45, 7) is 0. The van der Waals surface area contributed by atoms with E-state index < -0.39 is 0 Å². The van der Waals surface area contributed by atoms with Crippen molar-refractivity contribution in [3.63, 3.8) is 0 Å². The monoisotopic (exact) mass is 185 g/mol. The molecular weight excluding hydrogens is 178 g/mol. The molecule has 4 heteroatoms. The average Bonchev–Trinajstić information content (AvgIpc) is 2.57. The Hall–Kier alpha value is -2.10. The zero-order valence-electron chi connectivity index (χ0n) is 7.27. The Bertz CT molecular complexity index is 665. The van der Waals surface area contributed by atoms with Gasteiger partial charge in [-0.2, -0.15) is 0 Å². The van der Waals surface area contributed by atoms with Crippen molar-refractivity contribution in [2.45, 2.75) is 0 Å². The smallest absolute Gasteiger partial charge is 0.314 e. The highest BCUT2D eigenvalue weighted by Crippen LogP contribution is 2.12. The molecule has 0 aliphatic heterocycles. The Morgan fingerprint density at radius 3 is 3.00 bits per heavy atom. The van der Waals surface area contributed by atoms with E-state index in [0.717, 1.165) is 11.0 Å². The van der Waals surface area contributed by atoms with Crippen LogP contribution >= 0.6 is 0 Å². The summed E-state index contributed by atoms with van der Waals surface area (Å²) in [7, 11) is 0. The van der Waals surface area contributed by atoms with Crippen LogP contribution in [0.1, 0.15) is 0 Å². The van der Waals surface area contributed by atoms with E-state index in [1.54, 1.807) is 16.7 Å². The van der Waals surface area contributed by atoms with Gasteiger partial charge in [0.1, 0.15) is 5.65 Å². The van der Waals surface area contributed by atoms with Crippen LogP contribution in [0.15, 0.2) is 41.3 Å². The molecule has 0 spiro atoms. The molecule has 3 rings (SSSR count). The topological polar surface area (TPSA) is 50.2 Å². The van der Waals surface area contributed by atoms with E-state index in [2.05, 4.69) is 9.97 Å². The number of hydrogen-bond acceptors (Lipinski definition) is 2. The van der Waals surface area contributed by atoms with Crippen molar-refractivity contribution in [1.29, 1.82) is 0 Å². The fraction of sp³-hybridized carbons (Fsp3) is 0. The summed E-state index contributed by atoms with van der Waals surface area (Å²) in [5.74, 6) is 0. The van der Waals surface area contributed by atoms with Crippen LogP contribution in [0.25, 0.3) is 16.7 Å². The second-order valence-corrected chi connectivity index (χ2v) is 3.08. The predicted octanol–water partition coefficient (Wildman–Crippen LogP) is 1.18. The lowest BCUT2D eigenvalue weighted by Crippen LogP contribution is -2.14. The predicted molar refractivity (Wildman–Crippen MR) is 53.3 cm³/mol. The third-order valence-corrected chi connectivity index (χ3v) is 2.23. The van der Waals surface area contributed by atoms with E-state index in [0.29, 0.717) is 5.65 Å². The van der Waals surface area contributed by atoms with Crippen LogP contribution in [-0.2, 0) is 0 Å². The van der Waals surface area contributed by atoms with Crippen LogP contribution in [0, 0.1) is 0 Å². The SMILES string of the molecule is O=c1[nH]ccc2nc3ccccc3n12. The molecule has 0 saturated heterocycles. The maximum absolute atomic E-state index is 11.5. The number of rotatable bonds is 0. The normalized spacial score (nSPS) is 11.1. The van der Waals surface area contributed by atoms with Gasteiger partial charge in [0.05, 0.1) is 11.0 Å². The molecule has 1 N–H and O–H groups in total. The highest BCUT2D eigenvalue weighted by molar-refractivity contribution is 5.79. The van der Waals surface area contributed by atoms with Crippen molar-refractivity contribution in [3.05, 3.63) is 47.0 Å². The lowest BCUT2D eigenvalue weighted by molar-refractivity contribution is 1.03. The fourth-order valence-electron chi connectivity index (χ4n) is 1.62. The molecule has 0 unspecified atom stereocenters. The van der Waals surface area contributed by atoms with Gasteiger partial charge in [-0.05, 0) is 18.2 Å². The van der Waals surface area contributed by atoms with Crippen LogP contribution in [-0.4, -0.2) is 14.4 Å². The minimum absolute atomic E-state index is 0.156. The lowest BCUT2D eigenvalue weighted by atomic mass is 10.3. The highest BCUT2D eigenvalue weighted by Gasteiger charge is 2.04. The molecule has 4 nitrogen and oxygen atoms in total. The second kappa shape index (κ2) is 2.45. The summed E-state index contributed by atoms with van der Waals surface area (Å²) < 4.78 is 1.56. The average molecular weight is 185 g/mol. The minimum Gasteiger partial charge on any atom is -0.314 e. The molecular formula is C10H7N3O. The first-order chi connectivity index (χ1) is 6.86. The molecule has 0 fully saturated rings. The van der Waals surface area contributed by atoms with E-state index in [9.17, 15) is 4.79 Å². The Labute approximate surface area is 78.8 Å². The number of hydrogen-bond donors (Lipinski definition) is 1. The number of nitrogens with one attached hydrogen (secondary N) is 1. The van der Waals surface area contributed by atoms with Crippen molar-refractivity contribution in [1.82, 2.24) is 14.4 Å². The molecule has 0 radical (unpaired) electrons. The summed E-state index contributed by atoms with van der Waals surface area (Å²) in [5, 5.41) is 0. The van der Waals surface area contributed by atoms with Gasteiger partial charge in [0, 0.05) is 6.20 Å². The Morgan fingerprint density at radius 2 is 2.07 bits per heavy atom. The number of para-hydroxylation sites is 2. The molecule has 68 valence electrons. The van der Waals surface area contributed by atoms with Gasteiger partial charge in [0.15, 0.2) is 0 Å². The zero-order valence-corrected chi connectivity index (χ0v) is 7.27. The first kappa shape index (κ1) is 7.32. The van der Waals surface area contributed by atoms with Crippen molar-refractivity contribution in [3.8, 4) is 0 Å². The molecule has 2 aromatic heterocycles. The molecule has 3 aromatic rings. The number of fused-ring (bicyclic) bond motifs is 3. The van der Waals surface area contributed by atoms with E-state index in [4.69, 9.17) is 0 Å². The number of aromatic amines is 1. The van der Waals surface area contributed by atoms with Crippen molar-refractivity contribution in [2.75, 3.05) is 0 Å². The van der Waals surface area contributed by atoms with Gasteiger partial charge < -0.3 is 4.98 Å². The Kier molecular flexibility index (Phi) is 1.28. The van der Waals surface area contributed by atoms with Gasteiger partial charge in [-0.3, -0.25) is 0 Å². The summed E-state index contributed by atoms with van der Waals surface area (Å²) in [6.07, 6.45) is 1.60. The standard InChI is InChI=1S/C10H7N3O/c14-10-11-6-5-9-12-7-3-1-2-4-8(7)13(9)10/h1-6H,(H,11,14). The quantitative estimate of drug-likeness (QED) is 0.571. The molecule has 0 atom stereocenters. The maximum Gasteiger partial charge on any atom is 0.331 e. The maximum atomic E-state index is 11.5. The molecule has 1 aromatic carbocycles. The Morgan fingerprint density at radius 1 is 1.21 bits per heavy atom. The van der Waals surface area contributed by atoms with Crippen LogP contribution in [0.3, 0.4) is 0 Å². The van der Waals surface area contributed by atoms with E-state index in [-0.39, 0.29) is 5.69 Å². The zero-order chi connectivity index (χ0) is 9.54. The van der Waals surface area contributed by atoms with Crippen molar-refractivity contribution < 1.29 is 0 Å². The summed E-state index contributed by atoms with van der Waals surface area (Å²) in [4.78, 5) is 18.5. The first-order valence-corrected chi connectivity index (χ1v) is 4.31. The van der Waals surface area contributed by atoms with Crippen LogP contribution in [0.4, 0.5) is 0 Å². The molecule has 0 saturated carbocycles. The van der Waals surface area contributed by atoms with E-state index in [1.807, 2.05) is 24.3 Å². The number of benzene rings is 1. The number of H-pyrrole nitrogens is 1. The van der Waals surface area contributed by atoms with Crippen LogP contribution < -0.4 is 5.69 Å². The molecule has 0 bridgehead atoms. The molecule has 0 amide bonds. The molecule has 2 heterocycles. The largest absolute Gasteiger partial charge is 0.331 e. The molecule has 0 aliphatic carbocycles. The molecule has 14 heavy (non-hydrogen) atoms. The minimum atomic E-state index is -0.156. The summed E-state index contributed by atoms with van der Waals surface area (Å²) >= 11 is 0. The van der Waals surface area contributed by atoms with Gasteiger partial charge in [-0.25, -0.2) is 14.2 Å². The highest BCUT2D eigenvalue weighted by atomic mass is 16.1. The second-order valence-electron chi connectivity index (χ2n) is 3.08. The van der Waals surface area contributed by atoms with Crippen LogP contribution in [0.5, 0.6) is 0 Å². The van der Waals surface area contributed by atoms with E-state index in [1.165, 1.54) is 0 Å². The summed E-state index contributed by atoms with van der Waals surface area (Å²) in [6, 6.07) is 9.35. The third kappa shape index (κ3) is 0.821. The lowest BCUT2D eigenvalue weighted by Gasteiger charge is -1.91. The fourth-order valence-corrected chi connectivity index (χ4v) is 1.62. The Balaban J connectivity index is 2.73. The first-order valence-electron chi connectivity index (χ1n) is 4.31. The van der Waals surface area contributed by atoms with Gasteiger partial charge in [-0.15, -0.1) is 0 Å². The van der Waals surface area contributed by atoms with Gasteiger partial charge in [0.2, 0.25) is 0 Å². The number of nitrogens with zero attached hydrogens (tertiary/aromatic N) is 2. The van der Waals surface area contributed by atoms with Crippen molar-refractivity contribution >= 4 is 16.7 Å². The van der Waals surface area contributed by atoms with Gasteiger partial charge in [-0.1, -0.05) is 12.1 Å². The molecule has 0 aliphatic rings. The summed E-state index contributed by atoms with van der Waals surface area (Å²) in [5.41, 5.74) is 2.19. The number of aromatic nitrogens is 3. The third-order valence-electron chi connectivity index (χ3n) is 2.23. The van der Waals surface area contributed by atoms with Crippen LogP contribution in [0.2, 0.25) is 0 Å².